The third-order valence-electron chi connectivity index (χ3n) is 3.12. The van der Waals surface area contributed by atoms with Gasteiger partial charge in [-0.1, -0.05) is 0 Å². The van der Waals surface area contributed by atoms with Gasteiger partial charge in [-0.2, -0.15) is 9.97 Å². The first kappa shape index (κ1) is 17.4. The number of nitrogens with zero attached hydrogens (tertiary/aromatic N) is 4. The first-order valence-electron chi connectivity index (χ1n) is 7.12. The highest BCUT2D eigenvalue weighted by molar-refractivity contribution is 5.83. The topological polar surface area (TPSA) is 160 Å². The molecular formula is C13H19N7O4. The molecule has 0 aliphatic heterocycles. The van der Waals surface area contributed by atoms with Gasteiger partial charge in [-0.25, -0.2) is 10.8 Å². The monoisotopic (exact) mass is 337 g/mol. The van der Waals surface area contributed by atoms with Crippen molar-refractivity contribution >= 4 is 34.9 Å². The normalized spacial score (nSPS) is 10.8. The number of esters is 2. The fourth-order valence-electron chi connectivity index (χ4n) is 2.10. The third kappa shape index (κ3) is 4.29. The van der Waals surface area contributed by atoms with E-state index in [1.807, 2.05) is 0 Å². The summed E-state index contributed by atoms with van der Waals surface area (Å²) in [4.78, 5) is 34.3. The van der Waals surface area contributed by atoms with Crippen molar-refractivity contribution < 1.29 is 19.1 Å². The van der Waals surface area contributed by atoms with Crippen molar-refractivity contribution in [3.05, 3.63) is 6.33 Å². The van der Waals surface area contributed by atoms with Crippen molar-refractivity contribution in [1.29, 1.82) is 0 Å². The second kappa shape index (κ2) is 7.55. The van der Waals surface area contributed by atoms with E-state index < -0.39 is 11.9 Å². The van der Waals surface area contributed by atoms with Crippen molar-refractivity contribution in [2.24, 2.45) is 11.8 Å². The molecule has 0 bridgehead atoms. The van der Waals surface area contributed by atoms with Gasteiger partial charge in [0.2, 0.25) is 5.95 Å². The minimum Gasteiger partial charge on any atom is -0.465 e. The molecule has 11 heteroatoms. The van der Waals surface area contributed by atoms with Crippen LogP contribution < -0.4 is 17.0 Å². The Hall–Kier alpha value is -2.95. The Morgan fingerprint density at radius 1 is 1.25 bits per heavy atom. The molecule has 0 amide bonds. The highest BCUT2D eigenvalue weighted by atomic mass is 16.5. The van der Waals surface area contributed by atoms with E-state index >= 15 is 0 Å². The van der Waals surface area contributed by atoms with Gasteiger partial charge in [0, 0.05) is 26.3 Å². The lowest BCUT2D eigenvalue weighted by Crippen LogP contribution is -2.24. The minimum atomic E-state index is -0.417. The summed E-state index contributed by atoms with van der Waals surface area (Å²) in [6.07, 6.45) is 1.54. The lowest BCUT2D eigenvalue weighted by molar-refractivity contribution is -0.146. The number of fused-ring (bicyclic) bond motifs is 1. The molecule has 11 nitrogen and oxygen atoms in total. The number of carbonyl (C=O) groups excluding carboxylic acids is 2. The zero-order chi connectivity index (χ0) is 17.7. The molecule has 0 unspecified atom stereocenters. The number of rotatable bonds is 7. The Morgan fingerprint density at radius 3 is 2.42 bits per heavy atom. The molecule has 0 atom stereocenters. The van der Waals surface area contributed by atoms with E-state index in [1.165, 1.54) is 20.2 Å². The number of imidazole rings is 1. The van der Waals surface area contributed by atoms with Gasteiger partial charge < -0.3 is 25.2 Å². The van der Waals surface area contributed by atoms with Crippen molar-refractivity contribution in [2.75, 3.05) is 24.4 Å². The molecule has 0 spiro atoms. The van der Waals surface area contributed by atoms with Crippen LogP contribution in [0.1, 0.15) is 13.8 Å². The average molecular weight is 337 g/mol. The molecule has 0 saturated carbocycles. The number of hydrogen-bond donors (Lipinski definition) is 3. The molecule has 2 heterocycles. The third-order valence-corrected chi connectivity index (χ3v) is 3.12. The number of nitrogen functional groups attached to an aromatic ring is 2. The van der Waals surface area contributed by atoms with Crippen LogP contribution in [0.15, 0.2) is 6.33 Å². The van der Waals surface area contributed by atoms with E-state index in [2.05, 4.69) is 20.4 Å². The van der Waals surface area contributed by atoms with Crippen molar-refractivity contribution in [3.8, 4) is 0 Å². The van der Waals surface area contributed by atoms with Crippen LogP contribution in [-0.4, -0.2) is 44.7 Å². The number of nitrogens with two attached hydrogens (primary N) is 2. The van der Waals surface area contributed by atoms with Crippen LogP contribution in [0.3, 0.4) is 0 Å². The number of anilines is 2. The van der Waals surface area contributed by atoms with Crippen LogP contribution in [0, 0.1) is 5.92 Å². The van der Waals surface area contributed by atoms with Crippen LogP contribution in [0.2, 0.25) is 0 Å². The van der Waals surface area contributed by atoms with Gasteiger partial charge in [0.25, 0.3) is 0 Å². The number of ether oxygens (including phenoxy) is 2. The van der Waals surface area contributed by atoms with E-state index in [9.17, 15) is 9.59 Å². The van der Waals surface area contributed by atoms with Crippen LogP contribution >= 0.6 is 0 Å². The summed E-state index contributed by atoms with van der Waals surface area (Å²) < 4.78 is 11.7. The molecular weight excluding hydrogens is 318 g/mol. The SMILES string of the molecule is CC(=O)OCC(COC(C)=O)Cn1cnc2c(NN)nc(N)nc21. The molecule has 0 saturated heterocycles. The van der Waals surface area contributed by atoms with Crippen LogP contribution in [0.5, 0.6) is 0 Å². The highest BCUT2D eigenvalue weighted by Gasteiger charge is 2.18. The molecule has 0 radical (unpaired) electrons. The Bertz CT molecular complexity index is 727. The Labute approximate surface area is 137 Å². The zero-order valence-corrected chi connectivity index (χ0v) is 13.4. The Balaban J connectivity index is 2.24. The molecule has 0 aromatic carbocycles. The summed E-state index contributed by atoms with van der Waals surface area (Å²) in [6.45, 7) is 3.14. The largest absolute Gasteiger partial charge is 0.465 e. The molecule has 0 aliphatic carbocycles. The second-order valence-electron chi connectivity index (χ2n) is 5.12. The van der Waals surface area contributed by atoms with Gasteiger partial charge in [0.05, 0.1) is 19.5 Å². The first-order valence-corrected chi connectivity index (χ1v) is 7.12. The highest BCUT2D eigenvalue weighted by Crippen LogP contribution is 2.20. The molecule has 0 aliphatic rings. The fourth-order valence-corrected chi connectivity index (χ4v) is 2.10. The minimum absolute atomic E-state index is 0.0359. The van der Waals surface area contributed by atoms with Crippen molar-refractivity contribution in [3.63, 3.8) is 0 Å². The number of nitrogens with one attached hydrogen (secondary N) is 1. The lowest BCUT2D eigenvalue weighted by atomic mass is 10.2. The average Bonchev–Trinajstić information content (AvgIpc) is 2.91. The summed E-state index contributed by atoms with van der Waals surface area (Å²) in [7, 11) is 0. The maximum absolute atomic E-state index is 11.0. The predicted octanol–water partition coefficient (Wildman–Crippen LogP) is -0.563. The van der Waals surface area contributed by atoms with Gasteiger partial charge >= 0.3 is 11.9 Å². The first-order chi connectivity index (χ1) is 11.4. The quantitative estimate of drug-likeness (QED) is 0.339. The summed E-state index contributed by atoms with van der Waals surface area (Å²) in [5.41, 5.74) is 8.98. The van der Waals surface area contributed by atoms with Gasteiger partial charge in [-0.05, 0) is 0 Å². The second-order valence-corrected chi connectivity index (χ2v) is 5.12. The zero-order valence-electron chi connectivity index (χ0n) is 13.4. The number of hydrogen-bond acceptors (Lipinski definition) is 10. The van der Waals surface area contributed by atoms with Gasteiger partial charge in [-0.3, -0.25) is 9.59 Å². The van der Waals surface area contributed by atoms with Gasteiger partial charge in [0.15, 0.2) is 17.0 Å². The van der Waals surface area contributed by atoms with E-state index in [4.69, 9.17) is 21.1 Å². The summed E-state index contributed by atoms with van der Waals surface area (Å²) >= 11 is 0. The lowest BCUT2D eigenvalue weighted by Gasteiger charge is -2.17. The Morgan fingerprint density at radius 2 is 1.88 bits per heavy atom. The molecule has 130 valence electrons. The molecule has 5 N–H and O–H groups in total. The number of hydrazine groups is 1. The van der Waals surface area contributed by atoms with Crippen LogP contribution in [0.25, 0.3) is 11.2 Å². The van der Waals surface area contributed by atoms with Crippen LogP contribution in [0.4, 0.5) is 11.8 Å². The maximum Gasteiger partial charge on any atom is 0.302 e. The molecule has 0 fully saturated rings. The van der Waals surface area contributed by atoms with E-state index in [0.717, 1.165) is 0 Å². The van der Waals surface area contributed by atoms with Crippen molar-refractivity contribution in [1.82, 2.24) is 19.5 Å². The van der Waals surface area contributed by atoms with Gasteiger partial charge in [-0.15, -0.1) is 0 Å². The van der Waals surface area contributed by atoms with E-state index in [1.54, 1.807) is 4.57 Å². The predicted molar refractivity (Wildman–Crippen MR) is 84.3 cm³/mol. The molecule has 24 heavy (non-hydrogen) atoms. The Kier molecular flexibility index (Phi) is 5.47. The van der Waals surface area contributed by atoms with E-state index in [0.29, 0.717) is 23.5 Å². The van der Waals surface area contributed by atoms with Gasteiger partial charge in [0.1, 0.15) is 0 Å². The smallest absolute Gasteiger partial charge is 0.302 e. The van der Waals surface area contributed by atoms with Crippen molar-refractivity contribution in [2.45, 2.75) is 20.4 Å². The molecule has 2 rings (SSSR count). The van der Waals surface area contributed by atoms with Crippen LogP contribution in [-0.2, 0) is 25.6 Å². The molecule has 2 aromatic heterocycles. The summed E-state index contributed by atoms with van der Waals surface area (Å²) in [5, 5.41) is 0. The number of aromatic nitrogens is 4. The molecule has 2 aromatic rings. The fraction of sp³-hybridized carbons (Fsp3) is 0.462. The summed E-state index contributed by atoms with van der Waals surface area (Å²) in [6, 6.07) is 0. The standard InChI is InChI=1S/C13H19N7O4/c1-7(21)23-4-9(5-24-8(2)22)3-20-6-16-10-11(19-15)17-13(14)18-12(10)20/h6,9H,3-5,15H2,1-2H3,(H3,14,17,18,19). The number of carbonyl (C=O) groups is 2. The summed E-state index contributed by atoms with van der Waals surface area (Å²) in [5.74, 6) is 4.62. The maximum atomic E-state index is 11.0. The van der Waals surface area contributed by atoms with E-state index in [-0.39, 0.29) is 25.1 Å².